The number of rotatable bonds is 10. The quantitative estimate of drug-likeness (QED) is 0.591. The lowest BCUT2D eigenvalue weighted by Gasteiger charge is -2.18. The molecular formula is C20H28N2O. The first-order valence-corrected chi connectivity index (χ1v) is 8.46. The summed E-state index contributed by atoms with van der Waals surface area (Å²) in [5.74, 6) is 0.426. The van der Waals surface area contributed by atoms with Crippen LogP contribution in [0.1, 0.15) is 30.4 Å². The smallest absolute Gasteiger partial charge is 0.0636 e. The third-order valence-corrected chi connectivity index (χ3v) is 3.93. The molecule has 0 amide bonds. The van der Waals surface area contributed by atoms with Crippen LogP contribution in [0.25, 0.3) is 0 Å². The first kappa shape index (κ1) is 17.7. The second-order valence-electron chi connectivity index (χ2n) is 5.97. The standard InChI is InChI=1S/C20H28N2O/c1-17(23)16-22-15-14-21-13-12-20(18-8-4-2-5-9-18)19-10-6-3-7-11-19/h2-11,17,20-23H,12-16H2,1H3/t17-/m0/s1. The van der Waals surface area contributed by atoms with E-state index in [0.717, 1.165) is 26.1 Å². The van der Waals surface area contributed by atoms with Gasteiger partial charge in [0.2, 0.25) is 0 Å². The van der Waals surface area contributed by atoms with Gasteiger partial charge < -0.3 is 15.7 Å². The van der Waals surface area contributed by atoms with Gasteiger partial charge in [-0.05, 0) is 31.0 Å². The van der Waals surface area contributed by atoms with Crippen LogP contribution in [0.5, 0.6) is 0 Å². The molecule has 0 fully saturated rings. The molecule has 0 bridgehead atoms. The Labute approximate surface area is 139 Å². The molecule has 0 saturated carbocycles. The van der Waals surface area contributed by atoms with E-state index in [4.69, 9.17) is 0 Å². The summed E-state index contributed by atoms with van der Waals surface area (Å²) in [4.78, 5) is 0. The summed E-state index contributed by atoms with van der Waals surface area (Å²) < 4.78 is 0. The van der Waals surface area contributed by atoms with Crippen LogP contribution < -0.4 is 10.6 Å². The molecule has 3 N–H and O–H groups in total. The molecule has 3 heteroatoms. The monoisotopic (exact) mass is 312 g/mol. The van der Waals surface area contributed by atoms with Crippen LogP contribution in [-0.2, 0) is 0 Å². The minimum atomic E-state index is -0.282. The number of benzene rings is 2. The molecule has 0 aromatic heterocycles. The third-order valence-electron chi connectivity index (χ3n) is 3.93. The molecule has 0 aliphatic heterocycles. The van der Waals surface area contributed by atoms with Gasteiger partial charge in [-0.1, -0.05) is 60.7 Å². The molecule has 0 heterocycles. The van der Waals surface area contributed by atoms with E-state index < -0.39 is 0 Å². The molecule has 0 saturated heterocycles. The van der Waals surface area contributed by atoms with Gasteiger partial charge in [0.05, 0.1) is 6.10 Å². The predicted octanol–water partition coefficient (Wildman–Crippen LogP) is 2.77. The summed E-state index contributed by atoms with van der Waals surface area (Å²) in [5, 5.41) is 15.9. The van der Waals surface area contributed by atoms with Crippen molar-refractivity contribution in [1.82, 2.24) is 10.6 Å². The van der Waals surface area contributed by atoms with Crippen molar-refractivity contribution in [2.24, 2.45) is 0 Å². The van der Waals surface area contributed by atoms with Crippen molar-refractivity contribution in [2.75, 3.05) is 26.2 Å². The average molecular weight is 312 g/mol. The van der Waals surface area contributed by atoms with Gasteiger partial charge in [0.15, 0.2) is 0 Å². The highest BCUT2D eigenvalue weighted by molar-refractivity contribution is 5.32. The SMILES string of the molecule is C[C@H](O)CNCCNCCC(c1ccccc1)c1ccccc1. The summed E-state index contributed by atoms with van der Waals surface area (Å²) >= 11 is 0. The first-order chi connectivity index (χ1) is 11.3. The molecule has 0 aliphatic rings. The number of aliphatic hydroxyl groups is 1. The van der Waals surface area contributed by atoms with Crippen molar-refractivity contribution in [3.63, 3.8) is 0 Å². The van der Waals surface area contributed by atoms with Gasteiger partial charge in [0.1, 0.15) is 0 Å². The van der Waals surface area contributed by atoms with Gasteiger partial charge in [-0.25, -0.2) is 0 Å². The molecule has 23 heavy (non-hydrogen) atoms. The number of hydrogen-bond acceptors (Lipinski definition) is 3. The zero-order chi connectivity index (χ0) is 16.3. The van der Waals surface area contributed by atoms with Crippen molar-refractivity contribution in [1.29, 1.82) is 0 Å². The summed E-state index contributed by atoms with van der Waals surface area (Å²) in [6.07, 6.45) is 0.792. The maximum absolute atomic E-state index is 9.20. The number of hydrogen-bond donors (Lipinski definition) is 3. The molecule has 2 rings (SSSR count). The van der Waals surface area contributed by atoms with Crippen molar-refractivity contribution in [2.45, 2.75) is 25.4 Å². The highest BCUT2D eigenvalue weighted by Crippen LogP contribution is 2.27. The van der Waals surface area contributed by atoms with Gasteiger partial charge in [0.25, 0.3) is 0 Å². The van der Waals surface area contributed by atoms with E-state index in [0.29, 0.717) is 12.5 Å². The van der Waals surface area contributed by atoms with Crippen LogP contribution in [0.2, 0.25) is 0 Å². The van der Waals surface area contributed by atoms with Gasteiger partial charge in [-0.2, -0.15) is 0 Å². The highest BCUT2D eigenvalue weighted by Gasteiger charge is 2.12. The molecule has 124 valence electrons. The molecule has 0 aliphatic carbocycles. The highest BCUT2D eigenvalue weighted by atomic mass is 16.3. The normalized spacial score (nSPS) is 12.5. The Morgan fingerprint density at radius 3 is 1.83 bits per heavy atom. The number of nitrogens with one attached hydrogen (secondary N) is 2. The summed E-state index contributed by atoms with van der Waals surface area (Å²) in [6, 6.07) is 21.4. The minimum Gasteiger partial charge on any atom is -0.392 e. The molecule has 0 spiro atoms. The van der Waals surface area contributed by atoms with Crippen LogP contribution in [0.3, 0.4) is 0 Å². The Morgan fingerprint density at radius 1 is 0.783 bits per heavy atom. The van der Waals surface area contributed by atoms with Gasteiger partial charge in [-0.15, -0.1) is 0 Å². The van der Waals surface area contributed by atoms with Crippen molar-refractivity contribution >= 4 is 0 Å². The maximum Gasteiger partial charge on any atom is 0.0636 e. The molecule has 1 atom stereocenters. The lowest BCUT2D eigenvalue weighted by Crippen LogP contribution is -2.32. The fraction of sp³-hybridized carbons (Fsp3) is 0.400. The van der Waals surface area contributed by atoms with Crippen LogP contribution in [-0.4, -0.2) is 37.4 Å². The molecule has 0 radical (unpaired) electrons. The molecule has 0 unspecified atom stereocenters. The topological polar surface area (TPSA) is 44.3 Å². The average Bonchev–Trinajstić information content (AvgIpc) is 2.59. The summed E-state index contributed by atoms with van der Waals surface area (Å²) in [5.41, 5.74) is 2.74. The second kappa shape index (κ2) is 10.2. The Bertz CT molecular complexity index is 488. The van der Waals surface area contributed by atoms with E-state index in [2.05, 4.69) is 71.3 Å². The third kappa shape index (κ3) is 6.53. The summed E-state index contributed by atoms with van der Waals surface area (Å²) in [7, 11) is 0. The molecule has 2 aromatic rings. The fourth-order valence-electron chi connectivity index (χ4n) is 2.76. The van der Waals surface area contributed by atoms with Crippen molar-refractivity contribution in [3.8, 4) is 0 Å². The lowest BCUT2D eigenvalue weighted by molar-refractivity contribution is 0.191. The Morgan fingerprint density at radius 2 is 1.30 bits per heavy atom. The first-order valence-electron chi connectivity index (χ1n) is 8.46. The lowest BCUT2D eigenvalue weighted by atomic mass is 9.88. The Balaban J connectivity index is 1.82. The largest absolute Gasteiger partial charge is 0.392 e. The van der Waals surface area contributed by atoms with E-state index in [1.54, 1.807) is 6.92 Å². The molecular weight excluding hydrogens is 284 g/mol. The van der Waals surface area contributed by atoms with E-state index in [-0.39, 0.29) is 6.10 Å². The van der Waals surface area contributed by atoms with Gasteiger partial charge >= 0.3 is 0 Å². The minimum absolute atomic E-state index is 0.282. The van der Waals surface area contributed by atoms with Gasteiger partial charge in [-0.3, -0.25) is 0 Å². The molecule has 3 nitrogen and oxygen atoms in total. The van der Waals surface area contributed by atoms with Crippen LogP contribution in [0.15, 0.2) is 60.7 Å². The fourth-order valence-corrected chi connectivity index (χ4v) is 2.76. The van der Waals surface area contributed by atoms with Crippen LogP contribution >= 0.6 is 0 Å². The van der Waals surface area contributed by atoms with E-state index in [9.17, 15) is 5.11 Å². The molecule has 2 aromatic carbocycles. The van der Waals surface area contributed by atoms with Crippen molar-refractivity contribution in [3.05, 3.63) is 71.8 Å². The zero-order valence-corrected chi connectivity index (χ0v) is 13.9. The van der Waals surface area contributed by atoms with E-state index in [1.165, 1.54) is 11.1 Å². The van der Waals surface area contributed by atoms with Crippen molar-refractivity contribution < 1.29 is 5.11 Å². The van der Waals surface area contributed by atoms with E-state index in [1.807, 2.05) is 0 Å². The van der Waals surface area contributed by atoms with E-state index >= 15 is 0 Å². The second-order valence-corrected chi connectivity index (χ2v) is 5.97. The predicted molar refractivity (Wildman–Crippen MR) is 96.8 cm³/mol. The summed E-state index contributed by atoms with van der Waals surface area (Å²) in [6.45, 7) is 5.23. The van der Waals surface area contributed by atoms with Gasteiger partial charge in [0, 0.05) is 25.6 Å². The Hall–Kier alpha value is -1.68. The number of aliphatic hydroxyl groups excluding tert-OH is 1. The van der Waals surface area contributed by atoms with Crippen LogP contribution in [0.4, 0.5) is 0 Å². The maximum atomic E-state index is 9.20. The zero-order valence-electron chi connectivity index (χ0n) is 13.9. The Kier molecular flexibility index (Phi) is 7.81. The van der Waals surface area contributed by atoms with Crippen LogP contribution in [0, 0.1) is 0 Å².